The Kier molecular flexibility index (Phi) is 6.91. The van der Waals surface area contributed by atoms with Gasteiger partial charge in [0.25, 0.3) is 10.0 Å². The molecular weight excluding hydrogens is 392 g/mol. The van der Waals surface area contributed by atoms with Gasteiger partial charge in [-0.2, -0.15) is 4.31 Å². The number of carbonyl (C=O) groups excluding carboxylic acids is 1. The van der Waals surface area contributed by atoms with E-state index in [9.17, 15) is 13.2 Å². The van der Waals surface area contributed by atoms with Crippen LogP contribution in [0.3, 0.4) is 0 Å². The van der Waals surface area contributed by atoms with Crippen LogP contribution in [-0.2, 0) is 27.8 Å². The number of aryl methyl sites for hydroxylation is 1. The lowest BCUT2D eigenvalue weighted by Gasteiger charge is -2.33. The van der Waals surface area contributed by atoms with Crippen LogP contribution in [0.1, 0.15) is 37.8 Å². The Morgan fingerprint density at radius 1 is 1.18 bits per heavy atom. The first-order valence-corrected chi connectivity index (χ1v) is 12.1. The van der Waals surface area contributed by atoms with Gasteiger partial charge in [0.2, 0.25) is 5.91 Å². The van der Waals surface area contributed by atoms with E-state index in [1.54, 1.807) is 21.8 Å². The highest BCUT2D eigenvalue weighted by molar-refractivity contribution is 7.91. The van der Waals surface area contributed by atoms with Crippen LogP contribution in [0.2, 0.25) is 0 Å². The Balaban J connectivity index is 1.50. The Labute approximate surface area is 171 Å². The number of carbonyl (C=O) groups is 1. The molecule has 0 saturated carbocycles. The second kappa shape index (κ2) is 9.20. The lowest BCUT2D eigenvalue weighted by Crippen LogP contribution is -2.42. The zero-order valence-corrected chi connectivity index (χ0v) is 18.1. The molecule has 28 heavy (non-hydrogen) atoms. The topological polar surface area (TPSA) is 66.5 Å². The fourth-order valence-electron chi connectivity index (χ4n) is 3.61. The van der Waals surface area contributed by atoms with Crippen molar-refractivity contribution in [2.75, 3.05) is 13.1 Å². The minimum absolute atomic E-state index is 0.0409. The zero-order valence-electron chi connectivity index (χ0n) is 16.4. The Morgan fingerprint density at radius 2 is 1.82 bits per heavy atom. The van der Waals surface area contributed by atoms with Crippen LogP contribution in [0.25, 0.3) is 0 Å². The highest BCUT2D eigenvalue weighted by Gasteiger charge is 2.33. The van der Waals surface area contributed by atoms with Crippen molar-refractivity contribution in [2.45, 2.75) is 43.9 Å². The number of rotatable bonds is 7. The van der Waals surface area contributed by atoms with E-state index in [4.69, 9.17) is 0 Å². The summed E-state index contributed by atoms with van der Waals surface area (Å²) in [6, 6.07) is 11.7. The Hall–Kier alpha value is -1.70. The lowest BCUT2D eigenvalue weighted by atomic mass is 9.85. The van der Waals surface area contributed by atoms with Gasteiger partial charge in [-0.15, -0.1) is 11.3 Å². The van der Waals surface area contributed by atoms with Crippen molar-refractivity contribution in [3.05, 3.63) is 52.9 Å². The number of sulfonamides is 1. The third-order valence-corrected chi connectivity index (χ3v) is 8.88. The number of hydrogen-bond donors (Lipinski definition) is 1. The summed E-state index contributed by atoms with van der Waals surface area (Å²) in [5.74, 6) is 0.123. The van der Waals surface area contributed by atoms with E-state index in [0.29, 0.717) is 36.7 Å². The number of nitrogens with one attached hydrogen (secondary N) is 1. The second-order valence-corrected chi connectivity index (χ2v) is 10.5. The monoisotopic (exact) mass is 420 g/mol. The van der Waals surface area contributed by atoms with Gasteiger partial charge in [-0.3, -0.25) is 4.79 Å². The fraction of sp³-hybridized carbons (Fsp3) is 0.476. The molecule has 1 amide bonds. The summed E-state index contributed by atoms with van der Waals surface area (Å²) in [5.41, 5.74) is 2.38. The number of piperidine rings is 1. The van der Waals surface area contributed by atoms with E-state index < -0.39 is 10.0 Å². The van der Waals surface area contributed by atoms with Gasteiger partial charge in [-0.25, -0.2) is 8.42 Å². The predicted octanol–water partition coefficient (Wildman–Crippen LogP) is 3.66. The van der Waals surface area contributed by atoms with Gasteiger partial charge >= 0.3 is 0 Å². The molecule has 2 heterocycles. The maximum Gasteiger partial charge on any atom is 0.252 e. The van der Waals surface area contributed by atoms with Crippen LogP contribution >= 0.6 is 11.3 Å². The summed E-state index contributed by atoms with van der Waals surface area (Å²) in [4.78, 5) is 12.6. The Bertz CT molecular complexity index is 869. The standard InChI is InChI=1S/C21H28N2O3S2/c1-3-17-6-8-18(9-7-17)15-22-21(24)16(2)19-10-12-23(13-11-19)28(25,26)20-5-4-14-27-20/h4-9,14,16,19H,3,10-13,15H2,1-2H3,(H,22,24)/t16-/m1/s1. The predicted molar refractivity (Wildman–Crippen MR) is 113 cm³/mol. The molecule has 1 N–H and O–H groups in total. The first-order chi connectivity index (χ1) is 13.4. The molecule has 3 rings (SSSR count). The van der Waals surface area contributed by atoms with Gasteiger partial charge in [0.1, 0.15) is 4.21 Å². The van der Waals surface area contributed by atoms with Gasteiger partial charge in [-0.1, -0.05) is 44.2 Å². The van der Waals surface area contributed by atoms with E-state index in [1.807, 2.05) is 6.92 Å². The minimum Gasteiger partial charge on any atom is -0.352 e. The lowest BCUT2D eigenvalue weighted by molar-refractivity contribution is -0.126. The molecule has 1 aromatic carbocycles. The number of benzene rings is 1. The van der Waals surface area contributed by atoms with Crippen LogP contribution in [-0.4, -0.2) is 31.7 Å². The van der Waals surface area contributed by atoms with Crippen LogP contribution in [0.15, 0.2) is 46.0 Å². The van der Waals surface area contributed by atoms with E-state index in [1.165, 1.54) is 16.9 Å². The molecule has 1 atom stereocenters. The minimum atomic E-state index is -3.39. The molecule has 0 unspecified atom stereocenters. The van der Waals surface area contributed by atoms with Gasteiger partial charge in [0.15, 0.2) is 0 Å². The van der Waals surface area contributed by atoms with E-state index in [0.717, 1.165) is 12.0 Å². The highest BCUT2D eigenvalue weighted by atomic mass is 32.2. The average molecular weight is 421 g/mol. The largest absolute Gasteiger partial charge is 0.352 e. The number of amides is 1. The van der Waals surface area contributed by atoms with E-state index in [-0.39, 0.29) is 17.7 Å². The van der Waals surface area contributed by atoms with Crippen LogP contribution in [0, 0.1) is 11.8 Å². The Morgan fingerprint density at radius 3 is 2.39 bits per heavy atom. The number of thiophene rings is 1. The van der Waals surface area contributed by atoms with Crippen molar-refractivity contribution in [1.29, 1.82) is 0 Å². The highest BCUT2D eigenvalue weighted by Crippen LogP contribution is 2.29. The molecule has 152 valence electrons. The second-order valence-electron chi connectivity index (χ2n) is 7.35. The average Bonchev–Trinajstić information content (AvgIpc) is 3.28. The molecule has 0 aliphatic carbocycles. The van der Waals surface area contributed by atoms with Crippen molar-refractivity contribution < 1.29 is 13.2 Å². The van der Waals surface area contributed by atoms with Gasteiger partial charge in [-0.05, 0) is 47.8 Å². The normalized spacial score (nSPS) is 17.4. The van der Waals surface area contributed by atoms with Crippen LogP contribution < -0.4 is 5.32 Å². The summed E-state index contributed by atoms with van der Waals surface area (Å²) in [6.45, 7) is 5.54. The van der Waals surface area contributed by atoms with Gasteiger partial charge in [0.05, 0.1) is 0 Å². The smallest absolute Gasteiger partial charge is 0.252 e. The summed E-state index contributed by atoms with van der Waals surface area (Å²) >= 11 is 1.25. The molecule has 1 saturated heterocycles. The molecule has 0 radical (unpaired) electrons. The molecule has 7 heteroatoms. The summed E-state index contributed by atoms with van der Waals surface area (Å²) in [6.07, 6.45) is 2.43. The maximum absolute atomic E-state index is 12.6. The maximum atomic E-state index is 12.6. The fourth-order valence-corrected chi connectivity index (χ4v) is 6.22. The van der Waals surface area contributed by atoms with E-state index in [2.05, 4.69) is 36.5 Å². The van der Waals surface area contributed by atoms with Crippen molar-refractivity contribution in [1.82, 2.24) is 9.62 Å². The van der Waals surface area contributed by atoms with Crippen molar-refractivity contribution >= 4 is 27.3 Å². The SMILES string of the molecule is CCc1ccc(CNC(=O)[C@H](C)C2CCN(S(=O)(=O)c3cccs3)CC2)cc1. The molecular formula is C21H28N2O3S2. The molecule has 5 nitrogen and oxygen atoms in total. The summed E-state index contributed by atoms with van der Waals surface area (Å²) in [7, 11) is -3.39. The third-order valence-electron chi connectivity index (χ3n) is 5.61. The van der Waals surface area contributed by atoms with Gasteiger partial charge < -0.3 is 5.32 Å². The molecule has 1 aromatic heterocycles. The molecule has 1 aliphatic rings. The number of nitrogens with zero attached hydrogens (tertiary/aromatic N) is 1. The van der Waals surface area contributed by atoms with E-state index >= 15 is 0 Å². The van der Waals surface area contributed by atoms with Crippen LogP contribution in [0.4, 0.5) is 0 Å². The molecule has 0 bridgehead atoms. The van der Waals surface area contributed by atoms with Crippen molar-refractivity contribution in [3.63, 3.8) is 0 Å². The molecule has 1 aliphatic heterocycles. The third kappa shape index (κ3) is 4.82. The zero-order chi connectivity index (χ0) is 20.1. The summed E-state index contributed by atoms with van der Waals surface area (Å²) < 4.78 is 27.2. The first-order valence-electron chi connectivity index (χ1n) is 9.81. The van der Waals surface area contributed by atoms with Gasteiger partial charge in [0, 0.05) is 25.6 Å². The quantitative estimate of drug-likeness (QED) is 0.743. The first kappa shape index (κ1) is 21.0. The summed E-state index contributed by atoms with van der Waals surface area (Å²) in [5, 5.41) is 4.81. The number of hydrogen-bond acceptors (Lipinski definition) is 4. The molecule has 2 aromatic rings. The van der Waals surface area contributed by atoms with Crippen molar-refractivity contribution in [3.8, 4) is 0 Å². The van der Waals surface area contributed by atoms with Crippen LogP contribution in [0.5, 0.6) is 0 Å². The molecule has 0 spiro atoms. The van der Waals surface area contributed by atoms with Crippen molar-refractivity contribution in [2.24, 2.45) is 11.8 Å². The molecule has 1 fully saturated rings.